The lowest BCUT2D eigenvalue weighted by atomic mass is 9.89. The summed E-state index contributed by atoms with van der Waals surface area (Å²) in [6, 6.07) is 7.22. The second-order valence-electron chi connectivity index (χ2n) is 6.95. The van der Waals surface area contributed by atoms with E-state index in [1.165, 1.54) is 13.3 Å². The van der Waals surface area contributed by atoms with Crippen LogP contribution in [-0.2, 0) is 27.3 Å². The van der Waals surface area contributed by atoms with Gasteiger partial charge in [0.15, 0.2) is 0 Å². The summed E-state index contributed by atoms with van der Waals surface area (Å²) in [5.74, 6) is -0.634. The van der Waals surface area contributed by atoms with Gasteiger partial charge in [0.2, 0.25) is 11.8 Å². The topological polar surface area (TPSA) is 78.5 Å². The van der Waals surface area contributed by atoms with Crippen molar-refractivity contribution in [2.75, 3.05) is 0 Å². The van der Waals surface area contributed by atoms with Crippen LogP contribution in [0.4, 0.5) is 0 Å². The summed E-state index contributed by atoms with van der Waals surface area (Å²) in [4.78, 5) is 38.3. The zero-order chi connectivity index (χ0) is 17.8. The maximum absolute atomic E-state index is 12.6. The first-order chi connectivity index (χ1) is 12.1. The van der Waals surface area contributed by atoms with Crippen molar-refractivity contribution in [2.45, 2.75) is 58.0 Å². The Morgan fingerprint density at radius 3 is 2.28 bits per heavy atom. The molecule has 3 amide bonds. The van der Waals surface area contributed by atoms with E-state index in [0.717, 1.165) is 36.8 Å². The number of hydrogen-bond donors (Lipinski definition) is 2. The number of nitrogens with zero attached hydrogens (tertiary/aromatic N) is 1. The highest BCUT2D eigenvalue weighted by atomic mass is 16.2. The average molecular weight is 343 g/mol. The van der Waals surface area contributed by atoms with Crippen molar-refractivity contribution >= 4 is 17.7 Å². The first-order valence-corrected chi connectivity index (χ1v) is 9.00. The summed E-state index contributed by atoms with van der Waals surface area (Å²) in [7, 11) is 0. The Labute approximate surface area is 147 Å². The highest BCUT2D eigenvalue weighted by molar-refractivity contribution is 5.89. The third kappa shape index (κ3) is 4.00. The lowest BCUT2D eigenvalue weighted by Gasteiger charge is -2.35. The number of hydrazine groups is 1. The van der Waals surface area contributed by atoms with E-state index in [0.29, 0.717) is 13.0 Å². The number of fused-ring (bicyclic) bond motifs is 1. The molecule has 0 bridgehead atoms. The molecule has 0 radical (unpaired) electrons. The molecule has 1 aromatic rings. The molecule has 134 valence electrons. The lowest BCUT2D eigenvalue weighted by Crippen LogP contribution is -2.56. The molecule has 1 fully saturated rings. The van der Waals surface area contributed by atoms with Crippen LogP contribution in [0.3, 0.4) is 0 Å². The van der Waals surface area contributed by atoms with Crippen molar-refractivity contribution < 1.29 is 14.4 Å². The van der Waals surface area contributed by atoms with E-state index in [4.69, 9.17) is 0 Å². The molecule has 1 heterocycles. The molecule has 1 saturated carbocycles. The van der Waals surface area contributed by atoms with E-state index in [2.05, 4.69) is 10.9 Å². The van der Waals surface area contributed by atoms with Gasteiger partial charge in [-0.05, 0) is 24.0 Å². The van der Waals surface area contributed by atoms with Crippen molar-refractivity contribution in [2.24, 2.45) is 5.92 Å². The molecule has 0 aromatic heterocycles. The molecule has 0 saturated heterocycles. The number of benzene rings is 1. The van der Waals surface area contributed by atoms with Gasteiger partial charge in [0.1, 0.15) is 6.04 Å². The van der Waals surface area contributed by atoms with Crippen LogP contribution in [0.1, 0.15) is 50.2 Å². The van der Waals surface area contributed by atoms with E-state index in [1.807, 2.05) is 24.3 Å². The molecule has 3 rings (SSSR count). The standard InChI is InChI=1S/C19H25N3O3/c1-13(23)22-12-16-10-6-5-9-15(16)11-17(22)19(25)21-20-18(24)14-7-3-2-4-8-14/h5-6,9-10,14,17H,2-4,7-8,11-12H2,1H3,(H,20,24)(H,21,25). The molecule has 6 heteroatoms. The number of carbonyl (C=O) groups is 3. The van der Waals surface area contributed by atoms with Gasteiger partial charge in [-0.2, -0.15) is 0 Å². The van der Waals surface area contributed by atoms with Gasteiger partial charge in [0.05, 0.1) is 0 Å². The minimum absolute atomic E-state index is 0.0231. The Morgan fingerprint density at radius 1 is 0.960 bits per heavy atom. The molecule has 1 atom stereocenters. The van der Waals surface area contributed by atoms with Crippen LogP contribution >= 0.6 is 0 Å². The van der Waals surface area contributed by atoms with Gasteiger partial charge in [-0.3, -0.25) is 25.2 Å². The van der Waals surface area contributed by atoms with E-state index >= 15 is 0 Å². The zero-order valence-corrected chi connectivity index (χ0v) is 14.6. The third-order valence-electron chi connectivity index (χ3n) is 5.24. The first kappa shape index (κ1) is 17.5. The highest BCUT2D eigenvalue weighted by Crippen LogP contribution is 2.24. The van der Waals surface area contributed by atoms with Gasteiger partial charge in [0.25, 0.3) is 5.91 Å². The predicted molar refractivity (Wildman–Crippen MR) is 93.0 cm³/mol. The third-order valence-corrected chi connectivity index (χ3v) is 5.24. The van der Waals surface area contributed by atoms with Crippen LogP contribution in [0.5, 0.6) is 0 Å². The van der Waals surface area contributed by atoms with Crippen molar-refractivity contribution in [1.82, 2.24) is 15.8 Å². The van der Waals surface area contributed by atoms with Gasteiger partial charge in [-0.25, -0.2) is 0 Å². The average Bonchev–Trinajstić information content (AvgIpc) is 2.65. The van der Waals surface area contributed by atoms with Gasteiger partial charge < -0.3 is 4.90 Å². The van der Waals surface area contributed by atoms with E-state index in [-0.39, 0.29) is 23.6 Å². The molecule has 1 aromatic carbocycles. The molecule has 0 spiro atoms. The van der Waals surface area contributed by atoms with Crippen molar-refractivity contribution in [3.63, 3.8) is 0 Å². The van der Waals surface area contributed by atoms with Crippen LogP contribution in [0.15, 0.2) is 24.3 Å². The number of hydrogen-bond acceptors (Lipinski definition) is 3. The molecule has 25 heavy (non-hydrogen) atoms. The van der Waals surface area contributed by atoms with Crippen LogP contribution in [0.2, 0.25) is 0 Å². The number of carbonyl (C=O) groups excluding carboxylic acids is 3. The first-order valence-electron chi connectivity index (χ1n) is 9.00. The Morgan fingerprint density at radius 2 is 1.60 bits per heavy atom. The minimum atomic E-state index is -0.598. The SMILES string of the molecule is CC(=O)N1Cc2ccccc2CC1C(=O)NNC(=O)C1CCCCC1. The monoisotopic (exact) mass is 343 g/mol. The summed E-state index contributed by atoms with van der Waals surface area (Å²) in [6.45, 7) is 1.88. The molecule has 1 unspecified atom stereocenters. The van der Waals surface area contributed by atoms with Crippen molar-refractivity contribution in [3.8, 4) is 0 Å². The zero-order valence-electron chi connectivity index (χ0n) is 14.6. The summed E-state index contributed by atoms with van der Waals surface area (Å²) < 4.78 is 0. The fourth-order valence-electron chi connectivity index (χ4n) is 3.76. The van der Waals surface area contributed by atoms with E-state index < -0.39 is 6.04 Å². The maximum atomic E-state index is 12.6. The quantitative estimate of drug-likeness (QED) is 0.802. The fourth-order valence-corrected chi connectivity index (χ4v) is 3.76. The van der Waals surface area contributed by atoms with Crippen LogP contribution in [-0.4, -0.2) is 28.7 Å². The van der Waals surface area contributed by atoms with Gasteiger partial charge >= 0.3 is 0 Å². The summed E-state index contributed by atoms with van der Waals surface area (Å²) in [5, 5.41) is 0. The second-order valence-corrected chi connectivity index (χ2v) is 6.95. The minimum Gasteiger partial charge on any atom is -0.326 e. The summed E-state index contributed by atoms with van der Waals surface area (Å²) in [5.41, 5.74) is 7.22. The predicted octanol–water partition coefficient (Wildman–Crippen LogP) is 1.69. The smallest absolute Gasteiger partial charge is 0.261 e. The summed E-state index contributed by atoms with van der Waals surface area (Å²) >= 11 is 0. The van der Waals surface area contributed by atoms with Crippen LogP contribution in [0.25, 0.3) is 0 Å². The van der Waals surface area contributed by atoms with Crippen molar-refractivity contribution in [3.05, 3.63) is 35.4 Å². The lowest BCUT2D eigenvalue weighted by molar-refractivity contribution is -0.141. The number of rotatable bonds is 2. The Bertz CT molecular complexity index is 668. The Balaban J connectivity index is 1.63. The van der Waals surface area contributed by atoms with E-state index in [9.17, 15) is 14.4 Å². The Hall–Kier alpha value is -2.37. The number of nitrogens with one attached hydrogen (secondary N) is 2. The molecular weight excluding hydrogens is 318 g/mol. The van der Waals surface area contributed by atoms with Crippen LogP contribution in [0, 0.1) is 5.92 Å². The molecule has 1 aliphatic carbocycles. The van der Waals surface area contributed by atoms with Gasteiger partial charge in [0, 0.05) is 25.8 Å². The van der Waals surface area contributed by atoms with Crippen LogP contribution < -0.4 is 10.9 Å². The van der Waals surface area contributed by atoms with Gasteiger partial charge in [-0.1, -0.05) is 43.5 Å². The molecule has 2 N–H and O–H groups in total. The van der Waals surface area contributed by atoms with Gasteiger partial charge in [-0.15, -0.1) is 0 Å². The normalized spacial score (nSPS) is 20.5. The second kappa shape index (κ2) is 7.68. The fraction of sp³-hybridized carbons (Fsp3) is 0.526. The van der Waals surface area contributed by atoms with Crippen molar-refractivity contribution in [1.29, 1.82) is 0 Å². The highest BCUT2D eigenvalue weighted by Gasteiger charge is 2.33. The number of amides is 3. The van der Waals surface area contributed by atoms with E-state index in [1.54, 1.807) is 4.90 Å². The Kier molecular flexibility index (Phi) is 5.36. The largest absolute Gasteiger partial charge is 0.326 e. The molecule has 2 aliphatic rings. The maximum Gasteiger partial charge on any atom is 0.261 e. The molecule has 1 aliphatic heterocycles. The molecular formula is C19H25N3O3. The summed E-state index contributed by atoms with van der Waals surface area (Å²) in [6.07, 6.45) is 5.50. The molecule has 6 nitrogen and oxygen atoms in total.